The summed E-state index contributed by atoms with van der Waals surface area (Å²) in [6.07, 6.45) is 87.0. The predicted octanol–water partition coefficient (Wildman–Crippen LogP) is 22.2. The molecule has 0 aromatic carbocycles. The minimum atomic E-state index is -1.52. The second kappa shape index (κ2) is 66.4. The molecule has 85 heavy (non-hydrogen) atoms. The van der Waals surface area contributed by atoms with Crippen LogP contribution in [0.4, 0.5) is 0 Å². The molecule has 9 nitrogen and oxygen atoms in total. The van der Waals surface area contributed by atoms with E-state index in [-0.39, 0.29) is 32.2 Å². The number of unbranched alkanes of at least 4 members (excludes halogenated alkanes) is 37. The highest BCUT2D eigenvalue weighted by Gasteiger charge is 2.25. The lowest BCUT2D eigenvalue weighted by Crippen LogP contribution is -2.40. The monoisotopic (exact) mass is 1190 g/mol. The van der Waals surface area contributed by atoms with E-state index in [2.05, 4.69) is 98.9 Å². The summed E-state index contributed by atoms with van der Waals surface area (Å²) in [7, 11) is 5.98. The van der Waals surface area contributed by atoms with Crippen LogP contribution in [-0.4, -0.2) is 87.4 Å². The molecule has 0 bridgehead atoms. The number of nitrogens with zero attached hydrogens (tertiary/aromatic N) is 1. The number of aliphatic carboxylic acids is 1. The van der Waals surface area contributed by atoms with Crippen LogP contribution in [0.15, 0.2) is 85.1 Å². The highest BCUT2D eigenvalue weighted by Crippen LogP contribution is 2.18. The first-order valence-electron chi connectivity index (χ1n) is 35.8. The van der Waals surface area contributed by atoms with Crippen molar-refractivity contribution in [2.24, 2.45) is 0 Å². The number of ether oxygens (including phenoxy) is 4. The number of quaternary nitrogens is 1. The van der Waals surface area contributed by atoms with E-state index in [1.54, 1.807) is 0 Å². The second-order valence-electron chi connectivity index (χ2n) is 25.2. The number of allylic oxidation sites excluding steroid dienone is 14. The summed E-state index contributed by atoms with van der Waals surface area (Å²) < 4.78 is 23.0. The van der Waals surface area contributed by atoms with Crippen molar-refractivity contribution in [3.8, 4) is 0 Å². The van der Waals surface area contributed by atoms with Crippen LogP contribution >= 0.6 is 0 Å². The summed E-state index contributed by atoms with van der Waals surface area (Å²) in [5.74, 6) is -2.01. The zero-order valence-electron chi connectivity index (χ0n) is 56.3. The molecule has 0 saturated heterocycles. The molecule has 2 unspecified atom stereocenters. The lowest BCUT2D eigenvalue weighted by atomic mass is 10.0. The molecule has 1 N–H and O–H groups in total. The number of rotatable bonds is 66. The van der Waals surface area contributed by atoms with Crippen molar-refractivity contribution in [2.75, 3.05) is 47.5 Å². The minimum Gasteiger partial charge on any atom is -0.477 e. The number of hydrogen-bond acceptors (Lipinski definition) is 7. The number of hydrogen-bond donors (Lipinski definition) is 1. The van der Waals surface area contributed by atoms with Crippen molar-refractivity contribution in [1.82, 2.24) is 0 Å². The summed E-state index contributed by atoms with van der Waals surface area (Å²) in [5, 5.41) is 9.75. The first-order chi connectivity index (χ1) is 41.6. The van der Waals surface area contributed by atoms with Crippen LogP contribution in [0.3, 0.4) is 0 Å². The summed E-state index contributed by atoms with van der Waals surface area (Å²) in [6.45, 7) is 4.79. The number of carboxylic acids is 1. The van der Waals surface area contributed by atoms with Gasteiger partial charge in [-0.05, 0) is 89.9 Å². The maximum absolute atomic E-state index is 12.9. The Kier molecular flexibility index (Phi) is 63.7. The fourth-order valence-corrected chi connectivity index (χ4v) is 10.2. The van der Waals surface area contributed by atoms with Gasteiger partial charge >= 0.3 is 17.9 Å². The highest BCUT2D eigenvalue weighted by atomic mass is 16.7. The molecule has 492 valence electrons. The molecule has 9 heteroatoms. The van der Waals surface area contributed by atoms with Crippen molar-refractivity contribution in [1.29, 1.82) is 0 Å². The zero-order chi connectivity index (χ0) is 61.9. The van der Waals surface area contributed by atoms with Gasteiger partial charge in [-0.25, -0.2) is 4.79 Å². The number of carboxylic acid groups (broad SMARTS) is 1. The number of likely N-dealkylation sites (N-methyl/N-ethyl adjacent to an activating group) is 1. The van der Waals surface area contributed by atoms with Gasteiger partial charge in [0.15, 0.2) is 6.10 Å². The van der Waals surface area contributed by atoms with Crippen LogP contribution in [0, 0.1) is 0 Å². The van der Waals surface area contributed by atoms with Gasteiger partial charge in [0.25, 0.3) is 6.29 Å². The second-order valence-corrected chi connectivity index (χ2v) is 25.2. The number of carbonyl (C=O) groups excluding carboxylic acids is 2. The molecule has 0 fully saturated rings. The third kappa shape index (κ3) is 67.8. The molecule has 0 aliphatic carbocycles. The van der Waals surface area contributed by atoms with Crippen molar-refractivity contribution >= 4 is 17.9 Å². The van der Waals surface area contributed by atoms with Gasteiger partial charge in [0.05, 0.1) is 34.4 Å². The molecule has 0 aromatic rings. The Morgan fingerprint density at radius 1 is 0.365 bits per heavy atom. The molecule has 0 aliphatic heterocycles. The van der Waals surface area contributed by atoms with E-state index in [1.165, 1.54) is 205 Å². The summed E-state index contributed by atoms with van der Waals surface area (Å²) in [5.41, 5.74) is 0. The third-order valence-electron chi connectivity index (χ3n) is 15.6. The molecular formula is C76H136NO8+. The fourth-order valence-electron chi connectivity index (χ4n) is 10.2. The first kappa shape index (κ1) is 81.5. The van der Waals surface area contributed by atoms with Gasteiger partial charge in [-0.15, -0.1) is 0 Å². The van der Waals surface area contributed by atoms with Crippen molar-refractivity contribution in [3.05, 3.63) is 85.1 Å². The molecule has 2 atom stereocenters. The average molecular weight is 1190 g/mol. The SMILES string of the molecule is CC/C=C\C/C=C\C/C=C\C/C=C\C/C=C\C/C=C\CCCCCCCCCCC(=O)OC(COC(=O)CCCCCCCCCCCCCCCCCCCCCCC/C=C\CCCCCCCCCC)COC(OCC[N+](C)(C)C)C(=O)O. The lowest BCUT2D eigenvalue weighted by Gasteiger charge is -2.25. The van der Waals surface area contributed by atoms with Gasteiger partial charge in [-0.3, -0.25) is 9.59 Å². The Bertz CT molecular complexity index is 1670. The lowest BCUT2D eigenvalue weighted by molar-refractivity contribution is -0.870. The molecule has 0 aromatic heterocycles. The van der Waals surface area contributed by atoms with Gasteiger partial charge in [0.2, 0.25) is 0 Å². The molecule has 0 saturated carbocycles. The van der Waals surface area contributed by atoms with E-state index in [1.807, 2.05) is 21.1 Å². The molecule has 0 rings (SSSR count). The van der Waals surface area contributed by atoms with Gasteiger partial charge in [-0.2, -0.15) is 0 Å². The minimum absolute atomic E-state index is 0.184. The van der Waals surface area contributed by atoms with E-state index >= 15 is 0 Å². The van der Waals surface area contributed by atoms with Gasteiger partial charge in [0.1, 0.15) is 13.2 Å². The maximum atomic E-state index is 12.9. The molecule has 0 aliphatic rings. The van der Waals surface area contributed by atoms with Crippen LogP contribution < -0.4 is 0 Å². The quantitative estimate of drug-likeness (QED) is 0.0211. The van der Waals surface area contributed by atoms with Gasteiger partial charge < -0.3 is 28.5 Å². The predicted molar refractivity (Wildman–Crippen MR) is 364 cm³/mol. The van der Waals surface area contributed by atoms with Crippen LogP contribution in [-0.2, 0) is 33.3 Å². The molecule has 0 spiro atoms. The molecule has 0 heterocycles. The summed E-state index contributed by atoms with van der Waals surface area (Å²) in [6, 6.07) is 0. The standard InChI is InChI=1S/C76H135NO8/c1-6-8-10-12-14-16-18-20-22-24-26-28-30-32-34-35-36-37-38-39-41-42-44-46-48-50-52-54-56-58-60-62-64-66-73(78)83-70-72(71-84-76(75(80)81)82-69-68-77(3,4)5)85-74(79)67-65-63-61-59-57-55-53-51-49-47-45-43-40-33-31-29-27-25-23-21-19-17-15-13-11-9-7-2/h9,11,15,17,21,23-24,26-27,29,33,40,45,47,72,76H,6-8,10,12-14,16,18-20,22,25,28,30-32,34-39,41-44,46,48-71H2,1-5H3/p+1/b11-9-,17-15-,23-21-,26-24-,29-27-,40-33-,47-45-. The Morgan fingerprint density at radius 2 is 0.671 bits per heavy atom. The van der Waals surface area contributed by atoms with Crippen LogP contribution in [0.1, 0.15) is 322 Å². The van der Waals surface area contributed by atoms with Crippen LogP contribution in [0.2, 0.25) is 0 Å². The molecule has 0 radical (unpaired) electrons. The average Bonchev–Trinajstić information content (AvgIpc) is 3.48. The first-order valence-corrected chi connectivity index (χ1v) is 35.8. The summed E-state index contributed by atoms with van der Waals surface area (Å²) >= 11 is 0. The number of esters is 2. The van der Waals surface area contributed by atoms with E-state index in [0.29, 0.717) is 23.9 Å². The van der Waals surface area contributed by atoms with E-state index < -0.39 is 24.3 Å². The molecule has 0 amide bonds. The van der Waals surface area contributed by atoms with E-state index in [0.717, 1.165) is 83.5 Å². The smallest absolute Gasteiger partial charge is 0.361 e. The van der Waals surface area contributed by atoms with Crippen molar-refractivity contribution in [3.63, 3.8) is 0 Å². The zero-order valence-corrected chi connectivity index (χ0v) is 56.3. The Labute approximate surface area is 525 Å². The Balaban J connectivity index is 4.09. The van der Waals surface area contributed by atoms with Crippen LogP contribution in [0.25, 0.3) is 0 Å². The van der Waals surface area contributed by atoms with Crippen molar-refractivity contribution < 1.29 is 42.9 Å². The Hall–Kier alpha value is -3.53. The number of carbonyl (C=O) groups is 3. The third-order valence-corrected chi connectivity index (χ3v) is 15.6. The topological polar surface area (TPSA) is 108 Å². The van der Waals surface area contributed by atoms with Gasteiger partial charge in [0, 0.05) is 12.8 Å². The maximum Gasteiger partial charge on any atom is 0.361 e. The highest BCUT2D eigenvalue weighted by molar-refractivity contribution is 5.71. The van der Waals surface area contributed by atoms with E-state index in [9.17, 15) is 19.5 Å². The molecular weight excluding hydrogens is 1050 g/mol. The fraction of sp³-hybridized carbons (Fsp3) is 0.776. The normalized spacial score (nSPS) is 13.2. The van der Waals surface area contributed by atoms with Crippen LogP contribution in [0.5, 0.6) is 0 Å². The van der Waals surface area contributed by atoms with E-state index in [4.69, 9.17) is 18.9 Å². The van der Waals surface area contributed by atoms with Crippen molar-refractivity contribution in [2.45, 2.75) is 334 Å². The Morgan fingerprint density at radius 3 is 1.01 bits per heavy atom. The van der Waals surface area contributed by atoms with Gasteiger partial charge in [-0.1, -0.05) is 304 Å². The summed E-state index contributed by atoms with van der Waals surface area (Å²) in [4.78, 5) is 37.6. The largest absolute Gasteiger partial charge is 0.477 e.